The summed E-state index contributed by atoms with van der Waals surface area (Å²) in [5.74, 6) is 0.295. The smallest absolute Gasteiger partial charge is 0.200 e. The third kappa shape index (κ3) is 3.18. The first-order valence-electron chi connectivity index (χ1n) is 4.84. The summed E-state index contributed by atoms with van der Waals surface area (Å²) in [6, 6.07) is 1.54. The molecular formula is C11H16BrNO2. The monoisotopic (exact) mass is 273 g/mol. The fraction of sp³-hybridized carbons (Fsp3) is 0.545. The van der Waals surface area contributed by atoms with Crippen molar-refractivity contribution in [2.45, 2.75) is 33.2 Å². The molecule has 0 fully saturated rings. The molecule has 1 atom stereocenters. The van der Waals surface area contributed by atoms with E-state index in [1.807, 2.05) is 20.8 Å². The third-order valence-corrected chi connectivity index (χ3v) is 3.01. The first kappa shape index (κ1) is 12.5. The summed E-state index contributed by atoms with van der Waals surface area (Å²) in [6.07, 6.45) is 1.79. The number of hydrogen-bond donors (Lipinski definition) is 1. The highest BCUT2D eigenvalue weighted by atomic mass is 79.9. The highest BCUT2D eigenvalue weighted by Gasteiger charge is 2.25. The number of nitrogens with two attached hydrogens (primary N) is 1. The van der Waals surface area contributed by atoms with Crippen LogP contribution in [0.3, 0.4) is 0 Å². The average Bonchev–Trinajstić information content (AvgIpc) is 2.49. The Balaban J connectivity index is 2.69. The molecule has 1 heterocycles. The van der Waals surface area contributed by atoms with Crippen molar-refractivity contribution < 1.29 is 9.21 Å². The van der Waals surface area contributed by atoms with Gasteiger partial charge < -0.3 is 10.2 Å². The van der Waals surface area contributed by atoms with E-state index in [0.29, 0.717) is 16.7 Å². The van der Waals surface area contributed by atoms with Crippen LogP contribution in [0, 0.1) is 5.41 Å². The van der Waals surface area contributed by atoms with Crippen LogP contribution in [-0.4, -0.2) is 11.8 Å². The normalized spacial score (nSPS) is 13.9. The minimum atomic E-state index is -0.165. The fourth-order valence-electron chi connectivity index (χ4n) is 1.09. The zero-order valence-electron chi connectivity index (χ0n) is 9.21. The minimum Gasteiger partial charge on any atom is -0.460 e. The third-order valence-electron chi connectivity index (χ3n) is 2.39. The van der Waals surface area contributed by atoms with Crippen molar-refractivity contribution in [1.82, 2.24) is 0 Å². The number of ketones is 1. The summed E-state index contributed by atoms with van der Waals surface area (Å²) >= 11 is 3.25. The second-order valence-corrected chi connectivity index (χ2v) is 5.55. The van der Waals surface area contributed by atoms with Crippen molar-refractivity contribution in [2.24, 2.45) is 11.1 Å². The lowest BCUT2D eigenvalue weighted by Gasteiger charge is -2.26. The Kier molecular flexibility index (Phi) is 3.73. The molecule has 1 aromatic rings. The molecule has 0 aliphatic rings. The molecule has 1 rings (SSSR count). The molecule has 0 amide bonds. The van der Waals surface area contributed by atoms with Crippen LogP contribution >= 0.6 is 15.9 Å². The summed E-state index contributed by atoms with van der Waals surface area (Å²) in [5.41, 5.74) is 5.86. The molecule has 3 nitrogen and oxygen atoms in total. The summed E-state index contributed by atoms with van der Waals surface area (Å²) in [7, 11) is 0. The Labute approximate surface area is 98.1 Å². The van der Waals surface area contributed by atoms with Crippen LogP contribution in [-0.2, 0) is 0 Å². The van der Waals surface area contributed by atoms with Crippen LogP contribution in [0.1, 0.15) is 37.7 Å². The van der Waals surface area contributed by atoms with E-state index in [4.69, 9.17) is 10.2 Å². The molecule has 1 aromatic heterocycles. The van der Waals surface area contributed by atoms with E-state index in [2.05, 4.69) is 15.9 Å². The van der Waals surface area contributed by atoms with Gasteiger partial charge in [0.1, 0.15) is 0 Å². The molecule has 84 valence electrons. The predicted octanol–water partition coefficient (Wildman–Crippen LogP) is 2.99. The fourth-order valence-corrected chi connectivity index (χ4v) is 1.51. The van der Waals surface area contributed by atoms with Crippen LogP contribution in [0.5, 0.6) is 0 Å². The van der Waals surface area contributed by atoms with Crippen molar-refractivity contribution in [3.8, 4) is 0 Å². The highest BCUT2D eigenvalue weighted by Crippen LogP contribution is 2.24. The van der Waals surface area contributed by atoms with Crippen LogP contribution < -0.4 is 5.73 Å². The van der Waals surface area contributed by atoms with Crippen molar-refractivity contribution in [2.75, 3.05) is 0 Å². The van der Waals surface area contributed by atoms with Gasteiger partial charge in [0, 0.05) is 12.5 Å². The summed E-state index contributed by atoms with van der Waals surface area (Å²) in [4.78, 5) is 11.8. The number of rotatable bonds is 3. The molecule has 1 unspecified atom stereocenters. The van der Waals surface area contributed by atoms with Crippen LogP contribution in [0.4, 0.5) is 0 Å². The maximum Gasteiger partial charge on any atom is 0.200 e. The van der Waals surface area contributed by atoms with Crippen molar-refractivity contribution >= 4 is 21.7 Å². The molecule has 0 aromatic carbocycles. The highest BCUT2D eigenvalue weighted by molar-refractivity contribution is 9.10. The topological polar surface area (TPSA) is 56.2 Å². The number of Topliss-reactive ketones (excluding diaryl/α,β-unsaturated/α-hetero) is 1. The Morgan fingerprint density at radius 1 is 1.60 bits per heavy atom. The maximum atomic E-state index is 11.8. The van der Waals surface area contributed by atoms with Gasteiger partial charge in [0.15, 0.2) is 5.76 Å². The van der Waals surface area contributed by atoms with Gasteiger partial charge in [-0.3, -0.25) is 4.79 Å². The molecular weight excluding hydrogens is 258 g/mol. The van der Waals surface area contributed by atoms with E-state index < -0.39 is 0 Å². The Bertz CT molecular complexity index is 352. The van der Waals surface area contributed by atoms with E-state index in [1.54, 1.807) is 6.07 Å². The molecule has 4 heteroatoms. The standard InChI is InChI=1S/C11H16BrNO2/c1-11(2,3)9(13)6-8(14)10-7(12)4-5-15-10/h4-5,9H,6,13H2,1-3H3. The van der Waals surface area contributed by atoms with Gasteiger partial charge >= 0.3 is 0 Å². The van der Waals surface area contributed by atoms with E-state index in [0.717, 1.165) is 0 Å². The molecule has 0 radical (unpaired) electrons. The zero-order valence-corrected chi connectivity index (χ0v) is 10.8. The largest absolute Gasteiger partial charge is 0.460 e. The van der Waals surface area contributed by atoms with Crippen molar-refractivity contribution in [1.29, 1.82) is 0 Å². The molecule has 0 aliphatic carbocycles. The SMILES string of the molecule is CC(C)(C)C(N)CC(=O)c1occc1Br. The summed E-state index contributed by atoms with van der Waals surface area (Å²) in [5, 5.41) is 0. The van der Waals surface area contributed by atoms with Crippen LogP contribution in [0.25, 0.3) is 0 Å². The second-order valence-electron chi connectivity index (χ2n) is 4.70. The van der Waals surface area contributed by atoms with Gasteiger partial charge in [-0.15, -0.1) is 0 Å². The second kappa shape index (κ2) is 4.49. The number of carbonyl (C=O) groups is 1. The van der Waals surface area contributed by atoms with Crippen molar-refractivity contribution in [3.05, 3.63) is 22.6 Å². The van der Waals surface area contributed by atoms with Crippen LogP contribution in [0.15, 0.2) is 21.2 Å². The average molecular weight is 274 g/mol. The minimum absolute atomic E-state index is 0.0608. The van der Waals surface area contributed by atoms with Crippen LogP contribution in [0.2, 0.25) is 0 Å². The van der Waals surface area contributed by atoms with Gasteiger partial charge in [-0.05, 0) is 27.4 Å². The molecule has 0 bridgehead atoms. The quantitative estimate of drug-likeness (QED) is 0.862. The van der Waals surface area contributed by atoms with E-state index >= 15 is 0 Å². The maximum absolute atomic E-state index is 11.8. The molecule has 15 heavy (non-hydrogen) atoms. The van der Waals surface area contributed by atoms with E-state index in [9.17, 15) is 4.79 Å². The number of halogens is 1. The molecule has 2 N–H and O–H groups in total. The molecule has 0 aliphatic heterocycles. The number of furan rings is 1. The molecule has 0 spiro atoms. The Hall–Kier alpha value is -0.610. The lowest BCUT2D eigenvalue weighted by atomic mass is 9.84. The number of hydrogen-bond acceptors (Lipinski definition) is 3. The lowest BCUT2D eigenvalue weighted by molar-refractivity contribution is 0.0925. The lowest BCUT2D eigenvalue weighted by Crippen LogP contribution is -2.36. The van der Waals surface area contributed by atoms with E-state index in [-0.39, 0.29) is 17.2 Å². The molecule has 0 saturated heterocycles. The van der Waals surface area contributed by atoms with Gasteiger partial charge in [-0.1, -0.05) is 20.8 Å². The first-order chi connectivity index (χ1) is 6.82. The Morgan fingerprint density at radius 2 is 2.20 bits per heavy atom. The Morgan fingerprint density at radius 3 is 2.60 bits per heavy atom. The van der Waals surface area contributed by atoms with Gasteiger partial charge in [-0.25, -0.2) is 0 Å². The van der Waals surface area contributed by atoms with Gasteiger partial charge in [0.25, 0.3) is 0 Å². The summed E-state index contributed by atoms with van der Waals surface area (Å²) in [6.45, 7) is 6.05. The number of carbonyl (C=O) groups excluding carboxylic acids is 1. The predicted molar refractivity (Wildman–Crippen MR) is 62.8 cm³/mol. The summed E-state index contributed by atoms with van der Waals surface area (Å²) < 4.78 is 5.78. The zero-order chi connectivity index (χ0) is 11.6. The van der Waals surface area contributed by atoms with E-state index in [1.165, 1.54) is 6.26 Å². The molecule has 0 saturated carbocycles. The van der Waals surface area contributed by atoms with Gasteiger partial charge in [-0.2, -0.15) is 0 Å². The first-order valence-corrected chi connectivity index (χ1v) is 5.63. The van der Waals surface area contributed by atoms with Crippen molar-refractivity contribution in [3.63, 3.8) is 0 Å². The van der Waals surface area contributed by atoms with Gasteiger partial charge in [0.2, 0.25) is 5.78 Å². The van der Waals surface area contributed by atoms with Gasteiger partial charge in [0.05, 0.1) is 10.7 Å².